The standard InChI is InChI=1S/C6H14N4O2.C3H8O/c7-4(5(11)12)2-1-3-10-6(8)9;1-3(2)4/h4H,1-3,7H2,(H,11,12)(H4,8,9,10);3-4H,1-2H3/t4-;/m0./s1. The normalized spacial score (nSPS) is 11.3. The molecule has 0 bridgehead atoms. The average molecular weight is 234 g/mol. The molecule has 0 spiro atoms. The molecule has 96 valence electrons. The molecule has 0 amide bonds. The topological polar surface area (TPSA) is 148 Å². The number of carboxylic acid groups (broad SMARTS) is 1. The molecule has 16 heavy (non-hydrogen) atoms. The number of aliphatic carboxylic acids is 1. The Kier molecular flexibility index (Phi) is 10.9. The number of aliphatic imine (C=N–C) groups is 1. The smallest absolute Gasteiger partial charge is 0.320 e. The Hall–Kier alpha value is -1.34. The van der Waals surface area contributed by atoms with Crippen molar-refractivity contribution in [3.8, 4) is 0 Å². The number of carboxylic acids is 1. The number of aliphatic hydroxyl groups excluding tert-OH is 1. The monoisotopic (exact) mass is 234 g/mol. The van der Waals surface area contributed by atoms with E-state index in [1.165, 1.54) is 0 Å². The summed E-state index contributed by atoms with van der Waals surface area (Å²) in [5.74, 6) is -0.987. The summed E-state index contributed by atoms with van der Waals surface area (Å²) in [4.78, 5) is 13.9. The number of nitrogens with two attached hydrogens (primary N) is 3. The first kappa shape index (κ1) is 17.1. The van der Waals surface area contributed by atoms with E-state index in [4.69, 9.17) is 27.4 Å². The van der Waals surface area contributed by atoms with Crippen molar-refractivity contribution >= 4 is 11.9 Å². The van der Waals surface area contributed by atoms with Crippen molar-refractivity contribution in [2.24, 2.45) is 22.2 Å². The molecular weight excluding hydrogens is 212 g/mol. The Bertz CT molecular complexity index is 212. The summed E-state index contributed by atoms with van der Waals surface area (Å²) in [7, 11) is 0. The van der Waals surface area contributed by atoms with Crippen LogP contribution in [0.2, 0.25) is 0 Å². The van der Waals surface area contributed by atoms with Crippen LogP contribution in [0.3, 0.4) is 0 Å². The Morgan fingerprint density at radius 3 is 2.12 bits per heavy atom. The van der Waals surface area contributed by atoms with E-state index < -0.39 is 12.0 Å². The molecule has 0 saturated carbocycles. The zero-order valence-corrected chi connectivity index (χ0v) is 9.76. The van der Waals surface area contributed by atoms with Crippen LogP contribution in [0, 0.1) is 0 Å². The highest BCUT2D eigenvalue weighted by molar-refractivity contribution is 5.75. The van der Waals surface area contributed by atoms with Crippen molar-refractivity contribution in [2.75, 3.05) is 6.54 Å². The van der Waals surface area contributed by atoms with Crippen LogP contribution in [0.4, 0.5) is 0 Å². The minimum atomic E-state index is -1.00. The highest BCUT2D eigenvalue weighted by Gasteiger charge is 2.09. The van der Waals surface area contributed by atoms with Gasteiger partial charge in [-0.05, 0) is 26.7 Å². The molecule has 0 aliphatic carbocycles. The summed E-state index contributed by atoms with van der Waals surface area (Å²) >= 11 is 0. The zero-order valence-electron chi connectivity index (χ0n) is 9.76. The van der Waals surface area contributed by atoms with Crippen molar-refractivity contribution < 1.29 is 15.0 Å². The zero-order chi connectivity index (χ0) is 13.1. The third-order valence-corrected chi connectivity index (χ3v) is 1.28. The molecule has 0 unspecified atom stereocenters. The number of guanidine groups is 1. The Balaban J connectivity index is 0. The largest absolute Gasteiger partial charge is 0.480 e. The molecule has 0 aromatic carbocycles. The predicted molar refractivity (Wildman–Crippen MR) is 62.9 cm³/mol. The van der Waals surface area contributed by atoms with Gasteiger partial charge in [0.15, 0.2) is 5.96 Å². The average Bonchev–Trinajstić information content (AvgIpc) is 2.10. The van der Waals surface area contributed by atoms with Crippen molar-refractivity contribution in [3.63, 3.8) is 0 Å². The second kappa shape index (κ2) is 10.2. The van der Waals surface area contributed by atoms with Gasteiger partial charge in [-0.2, -0.15) is 0 Å². The minimum Gasteiger partial charge on any atom is -0.480 e. The number of aliphatic hydroxyl groups is 1. The van der Waals surface area contributed by atoms with Gasteiger partial charge in [0.05, 0.1) is 0 Å². The van der Waals surface area contributed by atoms with Gasteiger partial charge in [-0.25, -0.2) is 0 Å². The molecule has 7 nitrogen and oxygen atoms in total. The summed E-state index contributed by atoms with van der Waals surface area (Å²) in [5.41, 5.74) is 15.3. The third kappa shape index (κ3) is 18.4. The molecule has 1 atom stereocenters. The lowest BCUT2D eigenvalue weighted by Crippen LogP contribution is -2.30. The van der Waals surface area contributed by atoms with Crippen molar-refractivity contribution in [1.29, 1.82) is 0 Å². The highest BCUT2D eigenvalue weighted by atomic mass is 16.4. The molecule has 0 saturated heterocycles. The van der Waals surface area contributed by atoms with Crippen LogP contribution in [0.1, 0.15) is 26.7 Å². The van der Waals surface area contributed by atoms with Crippen LogP contribution < -0.4 is 17.2 Å². The maximum atomic E-state index is 10.2. The molecule has 0 aliphatic rings. The van der Waals surface area contributed by atoms with Gasteiger partial charge in [0.2, 0.25) is 0 Å². The van der Waals surface area contributed by atoms with E-state index in [2.05, 4.69) is 4.99 Å². The number of nitrogens with zero attached hydrogens (tertiary/aromatic N) is 1. The van der Waals surface area contributed by atoms with E-state index in [0.29, 0.717) is 19.4 Å². The fraction of sp³-hybridized carbons (Fsp3) is 0.778. The first-order valence-corrected chi connectivity index (χ1v) is 4.99. The van der Waals surface area contributed by atoms with Crippen LogP contribution in [0.15, 0.2) is 4.99 Å². The van der Waals surface area contributed by atoms with E-state index >= 15 is 0 Å². The van der Waals surface area contributed by atoms with Gasteiger partial charge in [-0.1, -0.05) is 0 Å². The number of rotatable bonds is 5. The minimum absolute atomic E-state index is 0.0129. The summed E-state index contributed by atoms with van der Waals surface area (Å²) in [6.45, 7) is 3.86. The molecular formula is C9H22N4O3. The molecule has 0 aliphatic heterocycles. The lowest BCUT2D eigenvalue weighted by atomic mass is 10.2. The summed E-state index contributed by atoms with van der Waals surface area (Å²) in [6, 6.07) is -0.820. The van der Waals surface area contributed by atoms with Gasteiger partial charge in [-0.3, -0.25) is 9.79 Å². The second-order valence-corrected chi connectivity index (χ2v) is 3.49. The Labute approximate surface area is 95.3 Å². The Morgan fingerprint density at radius 1 is 1.38 bits per heavy atom. The van der Waals surface area contributed by atoms with Gasteiger partial charge in [-0.15, -0.1) is 0 Å². The summed E-state index contributed by atoms with van der Waals surface area (Å²) in [5, 5.41) is 16.4. The lowest BCUT2D eigenvalue weighted by molar-refractivity contribution is -0.138. The molecule has 0 radical (unpaired) electrons. The quantitative estimate of drug-likeness (QED) is 0.230. The van der Waals surface area contributed by atoms with Crippen molar-refractivity contribution in [2.45, 2.75) is 38.8 Å². The SMILES string of the molecule is CC(C)O.NC(N)=NCCC[C@H](N)C(=O)O. The molecule has 0 aromatic heterocycles. The summed E-state index contributed by atoms with van der Waals surface area (Å²) in [6.07, 6.45) is 0.789. The first-order valence-electron chi connectivity index (χ1n) is 4.99. The molecule has 0 aromatic rings. The first-order chi connectivity index (χ1) is 7.27. The second-order valence-electron chi connectivity index (χ2n) is 3.49. The fourth-order valence-corrected chi connectivity index (χ4v) is 0.643. The van der Waals surface area contributed by atoms with Crippen LogP contribution >= 0.6 is 0 Å². The maximum Gasteiger partial charge on any atom is 0.320 e. The molecule has 8 N–H and O–H groups in total. The van der Waals surface area contributed by atoms with E-state index in [1.54, 1.807) is 13.8 Å². The number of hydrogen-bond donors (Lipinski definition) is 5. The van der Waals surface area contributed by atoms with Gasteiger partial charge in [0.1, 0.15) is 6.04 Å². The predicted octanol–water partition coefficient (Wildman–Crippen LogP) is -1.16. The summed E-state index contributed by atoms with van der Waals surface area (Å²) < 4.78 is 0. The van der Waals surface area contributed by atoms with Crippen LogP contribution in [0.5, 0.6) is 0 Å². The molecule has 0 fully saturated rings. The number of hydrogen-bond acceptors (Lipinski definition) is 4. The third-order valence-electron chi connectivity index (χ3n) is 1.28. The van der Waals surface area contributed by atoms with E-state index in [1.807, 2.05) is 0 Å². The highest BCUT2D eigenvalue weighted by Crippen LogP contribution is 1.94. The molecule has 0 rings (SSSR count). The van der Waals surface area contributed by atoms with Crippen molar-refractivity contribution in [1.82, 2.24) is 0 Å². The Morgan fingerprint density at radius 2 is 1.81 bits per heavy atom. The molecule has 7 heteroatoms. The van der Waals surface area contributed by atoms with E-state index in [0.717, 1.165) is 0 Å². The fourth-order valence-electron chi connectivity index (χ4n) is 0.643. The maximum absolute atomic E-state index is 10.2. The molecule has 0 heterocycles. The van der Waals surface area contributed by atoms with E-state index in [-0.39, 0.29) is 12.1 Å². The van der Waals surface area contributed by atoms with Crippen LogP contribution in [-0.2, 0) is 4.79 Å². The van der Waals surface area contributed by atoms with Gasteiger partial charge >= 0.3 is 5.97 Å². The number of carbonyl (C=O) groups is 1. The van der Waals surface area contributed by atoms with E-state index in [9.17, 15) is 4.79 Å². The van der Waals surface area contributed by atoms with Gasteiger partial charge < -0.3 is 27.4 Å². The van der Waals surface area contributed by atoms with Gasteiger partial charge in [0.25, 0.3) is 0 Å². The van der Waals surface area contributed by atoms with Gasteiger partial charge in [0, 0.05) is 12.6 Å². The van der Waals surface area contributed by atoms with Crippen LogP contribution in [-0.4, -0.2) is 40.8 Å². The lowest BCUT2D eigenvalue weighted by Gasteiger charge is -2.03. The van der Waals surface area contributed by atoms with Crippen LogP contribution in [0.25, 0.3) is 0 Å². The van der Waals surface area contributed by atoms with Crippen molar-refractivity contribution in [3.05, 3.63) is 0 Å².